The molecule has 1 aliphatic heterocycles. The van der Waals surface area contributed by atoms with E-state index in [9.17, 15) is 24.1 Å². The van der Waals surface area contributed by atoms with Crippen LogP contribution in [0.1, 0.15) is 22.5 Å². The van der Waals surface area contributed by atoms with Gasteiger partial charge in [0.25, 0.3) is 0 Å². The lowest BCUT2D eigenvalue weighted by molar-refractivity contribution is -0.384. The fourth-order valence-electron chi connectivity index (χ4n) is 4.17. The fourth-order valence-corrected chi connectivity index (χ4v) is 4.17. The summed E-state index contributed by atoms with van der Waals surface area (Å²) < 4.78 is 15.3. The van der Waals surface area contributed by atoms with Crippen LogP contribution in [0.15, 0.2) is 49.2 Å². The molecule has 0 bridgehead atoms. The molecule has 0 spiro atoms. The molecule has 2 amide bonds. The van der Waals surface area contributed by atoms with Gasteiger partial charge in [-0.1, -0.05) is 0 Å². The number of fused-ring (bicyclic) bond motifs is 1. The third-order valence-electron chi connectivity index (χ3n) is 5.86. The molecule has 4 aromatic rings. The maximum absolute atomic E-state index is 13.7. The summed E-state index contributed by atoms with van der Waals surface area (Å²) in [5.74, 6) is -0.192. The minimum Gasteiger partial charge on any atom is -0.347 e. The Morgan fingerprint density at radius 1 is 1.21 bits per heavy atom. The van der Waals surface area contributed by atoms with Crippen molar-refractivity contribution in [2.45, 2.75) is 12.8 Å². The topological polar surface area (TPSA) is 161 Å². The summed E-state index contributed by atoms with van der Waals surface area (Å²) in [5.41, 5.74) is 1.88. The van der Waals surface area contributed by atoms with E-state index in [1.54, 1.807) is 19.3 Å². The number of carbonyl (C=O) groups is 2. The van der Waals surface area contributed by atoms with Gasteiger partial charge in [0.15, 0.2) is 6.29 Å². The van der Waals surface area contributed by atoms with E-state index < -0.39 is 16.8 Å². The molecule has 5 rings (SSSR count). The number of aldehydes is 1. The first-order valence-corrected chi connectivity index (χ1v) is 11.4. The second-order valence-corrected chi connectivity index (χ2v) is 8.47. The lowest BCUT2D eigenvalue weighted by Gasteiger charge is -2.29. The van der Waals surface area contributed by atoms with Gasteiger partial charge in [-0.15, -0.1) is 0 Å². The third kappa shape index (κ3) is 4.86. The van der Waals surface area contributed by atoms with Crippen LogP contribution < -0.4 is 15.5 Å². The molecule has 0 radical (unpaired) electrons. The van der Waals surface area contributed by atoms with Crippen LogP contribution in [0, 0.1) is 15.9 Å². The fraction of sp³-hybridized carbons (Fsp3) is 0.167. The number of rotatable bonds is 6. The van der Waals surface area contributed by atoms with Gasteiger partial charge in [-0.05, 0) is 30.5 Å². The minimum atomic E-state index is -0.589. The minimum absolute atomic E-state index is 0.0345. The number of urea groups is 1. The SMILES string of the molecule is Cn1cc(Nc2cc(NC(=O)N3CCCc4cc(-c5cncc(F)c5)c(C=O)nc43)ncc2[N+](=O)[O-])cn1. The summed E-state index contributed by atoms with van der Waals surface area (Å²) >= 11 is 0. The van der Waals surface area contributed by atoms with Crippen LogP contribution in [0.25, 0.3) is 11.1 Å². The maximum atomic E-state index is 13.7. The first kappa shape index (κ1) is 24.4. The van der Waals surface area contributed by atoms with E-state index in [4.69, 9.17) is 0 Å². The number of nitrogens with one attached hydrogen (secondary N) is 2. The average Bonchev–Trinajstić information content (AvgIpc) is 3.31. The van der Waals surface area contributed by atoms with Crippen LogP contribution in [0.2, 0.25) is 0 Å². The predicted molar refractivity (Wildman–Crippen MR) is 135 cm³/mol. The molecule has 5 heterocycles. The number of aromatic nitrogens is 5. The predicted octanol–water partition coefficient (Wildman–Crippen LogP) is 3.86. The van der Waals surface area contributed by atoms with Gasteiger partial charge < -0.3 is 5.32 Å². The van der Waals surface area contributed by atoms with E-state index in [0.717, 1.165) is 12.4 Å². The molecule has 2 N–H and O–H groups in total. The van der Waals surface area contributed by atoms with Gasteiger partial charge in [0.2, 0.25) is 0 Å². The van der Waals surface area contributed by atoms with Crippen molar-refractivity contribution >= 4 is 41.0 Å². The van der Waals surface area contributed by atoms with Gasteiger partial charge in [-0.3, -0.25) is 34.8 Å². The molecule has 38 heavy (non-hydrogen) atoms. The van der Waals surface area contributed by atoms with Crippen LogP contribution >= 0.6 is 0 Å². The summed E-state index contributed by atoms with van der Waals surface area (Å²) in [6.45, 7) is 0.318. The van der Waals surface area contributed by atoms with Crippen molar-refractivity contribution in [1.29, 1.82) is 0 Å². The van der Waals surface area contributed by atoms with Crippen LogP contribution in [-0.4, -0.2) is 48.5 Å². The summed E-state index contributed by atoms with van der Waals surface area (Å²) in [4.78, 5) is 49.6. The molecular formula is C24H20FN9O4. The number of hydrogen-bond acceptors (Lipinski definition) is 9. The van der Waals surface area contributed by atoms with Crippen LogP contribution in [-0.2, 0) is 13.5 Å². The zero-order chi connectivity index (χ0) is 26.8. The number of nitrogens with zero attached hydrogens (tertiary/aromatic N) is 7. The molecule has 0 atom stereocenters. The van der Waals surface area contributed by atoms with Gasteiger partial charge in [0, 0.05) is 43.2 Å². The van der Waals surface area contributed by atoms with Crippen molar-refractivity contribution in [3.05, 3.63) is 76.4 Å². The molecular weight excluding hydrogens is 497 g/mol. The zero-order valence-corrected chi connectivity index (χ0v) is 20.0. The van der Waals surface area contributed by atoms with E-state index in [0.29, 0.717) is 53.9 Å². The van der Waals surface area contributed by atoms with Gasteiger partial charge >= 0.3 is 11.7 Å². The summed E-state index contributed by atoms with van der Waals surface area (Å²) in [5, 5.41) is 21.1. The monoisotopic (exact) mass is 517 g/mol. The third-order valence-corrected chi connectivity index (χ3v) is 5.86. The van der Waals surface area contributed by atoms with Crippen molar-refractivity contribution in [3.63, 3.8) is 0 Å². The number of halogens is 1. The number of hydrogen-bond donors (Lipinski definition) is 2. The van der Waals surface area contributed by atoms with Crippen molar-refractivity contribution < 1.29 is 18.9 Å². The molecule has 1 aliphatic rings. The number of pyridine rings is 3. The van der Waals surface area contributed by atoms with Crippen LogP contribution in [0.5, 0.6) is 0 Å². The molecule has 192 valence electrons. The molecule has 13 nitrogen and oxygen atoms in total. The average molecular weight is 517 g/mol. The van der Waals surface area contributed by atoms with Gasteiger partial charge in [-0.25, -0.2) is 19.2 Å². The van der Waals surface area contributed by atoms with Crippen molar-refractivity contribution in [1.82, 2.24) is 24.7 Å². The number of amides is 2. The molecule has 0 saturated carbocycles. The second-order valence-electron chi connectivity index (χ2n) is 8.47. The van der Waals surface area contributed by atoms with Gasteiger partial charge in [-0.2, -0.15) is 5.10 Å². The number of aryl methyl sites for hydroxylation is 2. The highest BCUT2D eigenvalue weighted by atomic mass is 19.1. The van der Waals surface area contributed by atoms with Gasteiger partial charge in [0.05, 0.1) is 23.0 Å². The standard InChI is InChI=1S/C24H20FN9O4/c1-32-12-17(10-28-32)29-19-7-22(27-11-21(19)34(37)38)31-24(36)33-4-2-3-14-6-18(20(13-35)30-23(14)33)15-5-16(25)9-26-8-15/h5-13H,2-4H2,1H3,(H2,27,29,31,36). The Balaban J connectivity index is 1.44. The Morgan fingerprint density at radius 2 is 2.05 bits per heavy atom. The van der Waals surface area contributed by atoms with E-state index in [1.807, 2.05) is 0 Å². The second kappa shape index (κ2) is 10.0. The number of carbonyl (C=O) groups excluding carboxylic acids is 2. The highest BCUT2D eigenvalue weighted by Gasteiger charge is 2.27. The van der Waals surface area contributed by atoms with Crippen molar-refractivity contribution in [2.24, 2.45) is 7.05 Å². The highest BCUT2D eigenvalue weighted by molar-refractivity contribution is 6.02. The lowest BCUT2D eigenvalue weighted by atomic mass is 9.98. The highest BCUT2D eigenvalue weighted by Crippen LogP contribution is 2.33. The molecule has 0 unspecified atom stereocenters. The van der Waals surface area contributed by atoms with Crippen molar-refractivity contribution in [3.8, 4) is 11.1 Å². The summed E-state index contributed by atoms with van der Waals surface area (Å²) in [6.07, 6.45) is 8.42. The molecule has 14 heteroatoms. The first-order valence-electron chi connectivity index (χ1n) is 11.4. The lowest BCUT2D eigenvalue weighted by Crippen LogP contribution is -2.39. The number of nitro groups is 1. The van der Waals surface area contributed by atoms with E-state index in [2.05, 4.69) is 30.7 Å². The summed E-state index contributed by atoms with van der Waals surface area (Å²) in [7, 11) is 1.70. The van der Waals surface area contributed by atoms with Crippen molar-refractivity contribution in [2.75, 3.05) is 22.1 Å². The molecule has 0 aromatic carbocycles. The van der Waals surface area contributed by atoms with Crippen LogP contribution in [0.3, 0.4) is 0 Å². The Bertz CT molecular complexity index is 1570. The maximum Gasteiger partial charge on any atom is 0.328 e. The van der Waals surface area contributed by atoms with E-state index >= 15 is 0 Å². The molecule has 0 aliphatic carbocycles. The molecule has 0 fully saturated rings. The van der Waals surface area contributed by atoms with Crippen LogP contribution in [0.4, 0.5) is 37.9 Å². The molecule has 4 aromatic heterocycles. The Morgan fingerprint density at radius 3 is 2.76 bits per heavy atom. The normalized spacial score (nSPS) is 12.5. The van der Waals surface area contributed by atoms with Gasteiger partial charge in [0.1, 0.15) is 35.0 Å². The first-order chi connectivity index (χ1) is 18.3. The Kier molecular flexibility index (Phi) is 6.43. The number of anilines is 4. The Labute approximate surface area is 214 Å². The smallest absolute Gasteiger partial charge is 0.328 e. The largest absolute Gasteiger partial charge is 0.347 e. The van der Waals surface area contributed by atoms with E-state index in [-0.39, 0.29) is 22.9 Å². The Hall–Kier alpha value is -5.27. The summed E-state index contributed by atoms with van der Waals surface area (Å²) in [6, 6.07) is 3.73. The molecule has 0 saturated heterocycles. The van der Waals surface area contributed by atoms with E-state index in [1.165, 1.54) is 34.1 Å². The quantitative estimate of drug-likeness (QED) is 0.220. The zero-order valence-electron chi connectivity index (χ0n) is 20.0.